The van der Waals surface area contributed by atoms with Crippen molar-refractivity contribution in [2.45, 2.75) is 20.5 Å². The highest BCUT2D eigenvalue weighted by atomic mass is 35.5. The van der Waals surface area contributed by atoms with E-state index in [0.29, 0.717) is 16.7 Å². The minimum atomic E-state index is -0.139. The number of ether oxygens (including phenoxy) is 2. The predicted molar refractivity (Wildman–Crippen MR) is 101 cm³/mol. The largest absolute Gasteiger partial charge is 0.483 e. The van der Waals surface area contributed by atoms with E-state index in [4.69, 9.17) is 33.3 Å². The Morgan fingerprint density at radius 2 is 1.48 bits per heavy atom. The van der Waals surface area contributed by atoms with E-state index in [-0.39, 0.29) is 5.12 Å². The molecule has 0 atom stereocenters. The summed E-state index contributed by atoms with van der Waals surface area (Å²) in [5, 5.41) is 1.09. The fraction of sp³-hybridized carbons (Fsp3) is 0.176. The second-order valence-corrected chi connectivity index (χ2v) is 6.14. The number of hydrogen-bond acceptors (Lipinski definition) is 4. The van der Waals surface area contributed by atoms with E-state index in [0.717, 1.165) is 17.1 Å². The number of carbonyl (C=O) groups is 1. The van der Waals surface area contributed by atoms with Crippen LogP contribution < -0.4 is 4.74 Å². The van der Waals surface area contributed by atoms with Gasteiger partial charge in [0.05, 0.1) is 0 Å². The van der Waals surface area contributed by atoms with Crippen molar-refractivity contribution in [1.82, 2.24) is 0 Å². The van der Waals surface area contributed by atoms with Crippen LogP contribution in [0.4, 0.5) is 0 Å². The van der Waals surface area contributed by atoms with Gasteiger partial charge in [-0.1, -0.05) is 23.7 Å². The highest BCUT2D eigenvalue weighted by Gasteiger charge is 1.99. The van der Waals surface area contributed by atoms with Crippen LogP contribution in [0.25, 0.3) is 0 Å². The Labute approximate surface area is 152 Å². The van der Waals surface area contributed by atoms with Gasteiger partial charge in [0.15, 0.2) is 10.2 Å². The van der Waals surface area contributed by atoms with Gasteiger partial charge >= 0.3 is 0 Å². The highest BCUT2D eigenvalue weighted by Crippen LogP contribution is 2.23. The Balaban J connectivity index is 0.000000593. The monoisotopic (exact) mass is 368 g/mol. The van der Waals surface area contributed by atoms with Crippen molar-refractivity contribution in [2.75, 3.05) is 0 Å². The van der Waals surface area contributed by atoms with Crippen molar-refractivity contribution in [3.63, 3.8) is 0 Å². The van der Waals surface area contributed by atoms with Crippen molar-refractivity contribution >= 4 is 46.6 Å². The lowest BCUT2D eigenvalue weighted by atomic mass is 10.2. The number of thiocarbonyl (C=S) groups is 1. The molecular weight excluding hydrogens is 352 g/mol. The highest BCUT2D eigenvalue weighted by molar-refractivity contribution is 7.96. The van der Waals surface area contributed by atoms with Crippen LogP contribution in [0, 0.1) is 0 Å². The first-order valence-electron chi connectivity index (χ1n) is 6.72. The second-order valence-electron chi connectivity index (χ2n) is 4.50. The molecule has 0 aromatic heterocycles. The molecule has 23 heavy (non-hydrogen) atoms. The molecular formula is C17H17ClO3S2. The van der Waals surface area contributed by atoms with Crippen LogP contribution in [-0.2, 0) is 16.1 Å². The Kier molecular flexibility index (Phi) is 8.69. The van der Waals surface area contributed by atoms with Crippen LogP contribution in [0.2, 0.25) is 5.02 Å². The predicted octanol–water partition coefficient (Wildman–Crippen LogP) is 5.46. The molecule has 0 radical (unpaired) electrons. The summed E-state index contributed by atoms with van der Waals surface area (Å²) in [5.74, 6) is 1.52. The molecule has 2 rings (SSSR count). The van der Waals surface area contributed by atoms with Gasteiger partial charge in [0, 0.05) is 18.9 Å². The maximum absolute atomic E-state index is 9.31. The first-order valence-corrected chi connectivity index (χ1v) is 7.95. The van der Waals surface area contributed by atoms with Gasteiger partial charge in [0.1, 0.15) is 18.1 Å². The number of carbonyl (C=O) groups excluding carboxylic acids is 1. The Morgan fingerprint density at radius 3 is 1.91 bits per heavy atom. The van der Waals surface area contributed by atoms with Crippen LogP contribution in [0.15, 0.2) is 48.5 Å². The smallest absolute Gasteiger partial charge is 0.182 e. The number of thiol groups is 1. The van der Waals surface area contributed by atoms with Crippen molar-refractivity contribution < 1.29 is 14.3 Å². The van der Waals surface area contributed by atoms with E-state index in [1.165, 1.54) is 6.92 Å². The molecule has 0 aliphatic heterocycles. The fourth-order valence-electron chi connectivity index (χ4n) is 1.48. The molecule has 0 N–H and O–H groups in total. The number of benzene rings is 2. The normalized spacial score (nSPS) is 9.39. The van der Waals surface area contributed by atoms with Crippen LogP contribution in [0.5, 0.6) is 11.5 Å². The summed E-state index contributed by atoms with van der Waals surface area (Å²) in [5.41, 5.74) is 1.05. The third kappa shape index (κ3) is 9.23. The third-order valence-electron chi connectivity index (χ3n) is 2.41. The maximum atomic E-state index is 9.31. The van der Waals surface area contributed by atoms with Crippen molar-refractivity contribution in [3.8, 4) is 11.5 Å². The maximum Gasteiger partial charge on any atom is 0.182 e. The van der Waals surface area contributed by atoms with Gasteiger partial charge in [0.2, 0.25) is 0 Å². The topological polar surface area (TPSA) is 35.5 Å². The van der Waals surface area contributed by atoms with E-state index in [1.807, 2.05) is 36.4 Å². The molecule has 0 bridgehead atoms. The average molecular weight is 369 g/mol. The van der Waals surface area contributed by atoms with Crippen molar-refractivity contribution in [2.24, 2.45) is 0 Å². The molecule has 2 aromatic rings. The molecule has 6 heteroatoms. The van der Waals surface area contributed by atoms with E-state index >= 15 is 0 Å². The van der Waals surface area contributed by atoms with Gasteiger partial charge in [0.25, 0.3) is 0 Å². The first kappa shape index (κ1) is 19.5. The Hall–Kier alpha value is -1.56. The average Bonchev–Trinajstić information content (AvgIpc) is 2.48. The molecule has 0 unspecified atom stereocenters. The molecule has 0 saturated heterocycles. The summed E-state index contributed by atoms with van der Waals surface area (Å²) in [6.45, 7) is 3.63. The Bertz CT molecular complexity index is 636. The first-order chi connectivity index (χ1) is 10.9. The van der Waals surface area contributed by atoms with Crippen LogP contribution >= 0.6 is 36.4 Å². The molecule has 122 valence electrons. The van der Waals surface area contributed by atoms with Gasteiger partial charge < -0.3 is 9.47 Å². The van der Waals surface area contributed by atoms with E-state index in [1.54, 1.807) is 19.1 Å². The van der Waals surface area contributed by atoms with Gasteiger partial charge in [-0.05, 0) is 54.2 Å². The molecule has 0 spiro atoms. The minimum absolute atomic E-state index is 0.139. The number of hydrogen-bond donors (Lipinski definition) is 1. The molecule has 0 aliphatic carbocycles. The van der Waals surface area contributed by atoms with Crippen LogP contribution in [0.3, 0.4) is 0 Å². The molecule has 3 nitrogen and oxygen atoms in total. The Morgan fingerprint density at radius 1 is 1.04 bits per heavy atom. The second kappa shape index (κ2) is 10.3. The van der Waals surface area contributed by atoms with E-state index in [2.05, 4.69) is 12.6 Å². The SMILES string of the molecule is CC(=O)S.CC(=S)OCc1ccc(Oc2ccc(Cl)cc2)cc1. The molecule has 0 heterocycles. The molecule has 0 aliphatic rings. The van der Waals surface area contributed by atoms with Gasteiger partial charge in [-0.2, -0.15) is 0 Å². The molecule has 0 amide bonds. The zero-order valence-corrected chi connectivity index (χ0v) is 15.3. The summed E-state index contributed by atoms with van der Waals surface area (Å²) >= 11 is 14.0. The van der Waals surface area contributed by atoms with Gasteiger partial charge in [-0.15, -0.1) is 12.6 Å². The van der Waals surface area contributed by atoms with E-state index in [9.17, 15) is 4.79 Å². The third-order valence-corrected chi connectivity index (χ3v) is 2.78. The van der Waals surface area contributed by atoms with E-state index < -0.39 is 0 Å². The fourth-order valence-corrected chi connectivity index (χ4v) is 1.66. The number of halogens is 1. The molecule has 0 saturated carbocycles. The summed E-state index contributed by atoms with van der Waals surface area (Å²) < 4.78 is 11.0. The lowest BCUT2D eigenvalue weighted by molar-refractivity contribution is -0.108. The van der Waals surface area contributed by atoms with Crippen LogP contribution in [0.1, 0.15) is 19.4 Å². The summed E-state index contributed by atoms with van der Waals surface area (Å²) in [6, 6.07) is 14.9. The van der Waals surface area contributed by atoms with Crippen molar-refractivity contribution in [1.29, 1.82) is 0 Å². The number of rotatable bonds is 4. The molecule has 0 fully saturated rings. The lowest BCUT2D eigenvalue weighted by Gasteiger charge is -2.07. The van der Waals surface area contributed by atoms with Crippen LogP contribution in [-0.4, -0.2) is 10.2 Å². The quantitative estimate of drug-likeness (QED) is 0.574. The minimum Gasteiger partial charge on any atom is -0.483 e. The standard InChI is InChI=1S/C15H13ClO2S.C2H4OS/c1-11(19)17-10-12-2-6-14(7-3-12)18-15-8-4-13(16)5-9-15;1-2(3)4/h2-9H,10H2,1H3;1H3,(H,3,4). The van der Waals surface area contributed by atoms with Crippen molar-refractivity contribution in [3.05, 3.63) is 59.1 Å². The molecule has 2 aromatic carbocycles. The van der Waals surface area contributed by atoms with Gasteiger partial charge in [-0.25, -0.2) is 0 Å². The lowest BCUT2D eigenvalue weighted by Crippen LogP contribution is -1.96. The summed E-state index contributed by atoms with van der Waals surface area (Å²) in [4.78, 5) is 9.31. The summed E-state index contributed by atoms with van der Waals surface area (Å²) in [6.07, 6.45) is 0. The zero-order chi connectivity index (χ0) is 17.2. The zero-order valence-electron chi connectivity index (χ0n) is 12.8. The van der Waals surface area contributed by atoms with Gasteiger partial charge in [-0.3, -0.25) is 4.79 Å². The summed E-state index contributed by atoms with van der Waals surface area (Å²) in [7, 11) is 0.